The van der Waals surface area contributed by atoms with Gasteiger partial charge in [0.05, 0.1) is 10.4 Å². The molecule has 15 heavy (non-hydrogen) atoms. The summed E-state index contributed by atoms with van der Waals surface area (Å²) >= 11 is 1.79. The molecule has 0 aliphatic rings. The largest absolute Gasteiger partial charge is 0.381 e. The Morgan fingerprint density at radius 2 is 2.33 bits per heavy atom. The molecular formula is C13H15NS. The minimum atomic E-state index is 0.440. The normalized spacial score (nSPS) is 12.6. The van der Waals surface area contributed by atoms with E-state index < -0.39 is 0 Å². The monoisotopic (exact) mass is 217 g/mol. The maximum atomic E-state index is 3.76. The van der Waals surface area contributed by atoms with E-state index in [4.69, 9.17) is 0 Å². The van der Waals surface area contributed by atoms with Gasteiger partial charge in [-0.3, -0.25) is 0 Å². The summed E-state index contributed by atoms with van der Waals surface area (Å²) in [6.07, 6.45) is 2.94. The van der Waals surface area contributed by atoms with Crippen molar-refractivity contribution in [2.75, 3.05) is 5.32 Å². The van der Waals surface area contributed by atoms with E-state index in [2.05, 4.69) is 48.5 Å². The maximum Gasteiger partial charge on any atom is 0.0574 e. The van der Waals surface area contributed by atoms with E-state index in [9.17, 15) is 0 Å². The summed E-state index contributed by atoms with van der Waals surface area (Å²) in [5.74, 6) is 0. The Hall–Kier alpha value is -1.28. The van der Waals surface area contributed by atoms with Crippen molar-refractivity contribution in [2.45, 2.75) is 19.4 Å². The lowest BCUT2D eigenvalue weighted by molar-refractivity contribution is 0.816. The van der Waals surface area contributed by atoms with Crippen LogP contribution in [0.5, 0.6) is 0 Å². The Labute approximate surface area is 94.4 Å². The number of nitrogens with one attached hydrogen (secondary N) is 1. The molecule has 0 saturated carbocycles. The van der Waals surface area contributed by atoms with Crippen molar-refractivity contribution >= 4 is 27.1 Å². The van der Waals surface area contributed by atoms with Gasteiger partial charge in [-0.1, -0.05) is 18.2 Å². The topological polar surface area (TPSA) is 12.0 Å². The molecule has 0 fully saturated rings. The predicted octanol–water partition coefficient (Wildman–Crippen LogP) is 4.28. The van der Waals surface area contributed by atoms with E-state index in [0.29, 0.717) is 6.04 Å². The van der Waals surface area contributed by atoms with Crippen LogP contribution < -0.4 is 5.32 Å². The summed E-state index contributed by atoms with van der Waals surface area (Å²) in [4.78, 5) is 0. The lowest BCUT2D eigenvalue weighted by Crippen LogP contribution is -2.13. The first kappa shape index (κ1) is 10.2. The van der Waals surface area contributed by atoms with Gasteiger partial charge in [-0.05, 0) is 36.2 Å². The molecule has 2 aromatic rings. The van der Waals surface area contributed by atoms with Crippen molar-refractivity contribution in [3.05, 3.63) is 42.3 Å². The van der Waals surface area contributed by atoms with Gasteiger partial charge in [-0.2, -0.15) is 0 Å². The van der Waals surface area contributed by atoms with Gasteiger partial charge in [0.15, 0.2) is 0 Å². The summed E-state index contributed by atoms with van der Waals surface area (Å²) in [5.41, 5.74) is 1.23. The van der Waals surface area contributed by atoms with E-state index in [0.717, 1.165) is 6.42 Å². The van der Waals surface area contributed by atoms with Crippen molar-refractivity contribution in [1.82, 2.24) is 0 Å². The molecule has 1 heterocycles. The third-order valence-corrected chi connectivity index (χ3v) is 3.36. The van der Waals surface area contributed by atoms with Crippen molar-refractivity contribution in [3.8, 4) is 0 Å². The molecule has 1 unspecified atom stereocenters. The number of benzene rings is 1. The number of thiophene rings is 1. The zero-order valence-electron chi connectivity index (χ0n) is 8.86. The lowest BCUT2D eigenvalue weighted by atomic mass is 10.2. The lowest BCUT2D eigenvalue weighted by Gasteiger charge is -2.13. The number of hydrogen-bond donors (Lipinski definition) is 1. The minimum absolute atomic E-state index is 0.440. The van der Waals surface area contributed by atoms with E-state index in [-0.39, 0.29) is 0 Å². The van der Waals surface area contributed by atoms with Crippen LogP contribution in [-0.4, -0.2) is 6.04 Å². The third kappa shape index (κ3) is 2.21. The first-order valence-electron chi connectivity index (χ1n) is 5.15. The SMILES string of the molecule is C=CCC(C)Nc1cccc2ccsc12. The third-order valence-electron chi connectivity index (χ3n) is 2.40. The van der Waals surface area contributed by atoms with Gasteiger partial charge in [-0.15, -0.1) is 17.9 Å². The van der Waals surface area contributed by atoms with Crippen LogP contribution >= 0.6 is 11.3 Å². The molecule has 1 nitrogen and oxygen atoms in total. The molecule has 0 aliphatic carbocycles. The molecule has 0 amide bonds. The highest BCUT2D eigenvalue weighted by atomic mass is 32.1. The highest BCUT2D eigenvalue weighted by molar-refractivity contribution is 7.17. The number of hydrogen-bond acceptors (Lipinski definition) is 2. The van der Waals surface area contributed by atoms with Gasteiger partial charge in [0.1, 0.15) is 0 Å². The fraction of sp³-hybridized carbons (Fsp3) is 0.231. The van der Waals surface area contributed by atoms with E-state index >= 15 is 0 Å². The molecule has 78 valence electrons. The van der Waals surface area contributed by atoms with Gasteiger partial charge in [0, 0.05) is 6.04 Å². The average molecular weight is 217 g/mol. The van der Waals surface area contributed by atoms with Crippen molar-refractivity contribution in [3.63, 3.8) is 0 Å². The van der Waals surface area contributed by atoms with Crippen LogP contribution in [0, 0.1) is 0 Å². The van der Waals surface area contributed by atoms with Crippen LogP contribution in [0.25, 0.3) is 10.1 Å². The molecule has 0 spiro atoms. The van der Waals surface area contributed by atoms with Gasteiger partial charge < -0.3 is 5.32 Å². The molecule has 2 rings (SSSR count). The summed E-state index contributed by atoms with van der Waals surface area (Å²) in [6, 6.07) is 8.98. The summed E-state index contributed by atoms with van der Waals surface area (Å²) in [7, 11) is 0. The van der Waals surface area contributed by atoms with Crippen molar-refractivity contribution in [1.29, 1.82) is 0 Å². The summed E-state index contributed by atoms with van der Waals surface area (Å²) in [6.45, 7) is 5.93. The van der Waals surface area contributed by atoms with E-state index in [1.165, 1.54) is 15.8 Å². The van der Waals surface area contributed by atoms with E-state index in [1.54, 1.807) is 11.3 Å². The Bertz CT molecular complexity index is 458. The molecule has 0 radical (unpaired) electrons. The van der Waals surface area contributed by atoms with Gasteiger partial charge >= 0.3 is 0 Å². The molecule has 1 aromatic heterocycles. The van der Waals surface area contributed by atoms with Crippen LogP contribution in [0.2, 0.25) is 0 Å². The van der Waals surface area contributed by atoms with Crippen LogP contribution in [0.3, 0.4) is 0 Å². The number of fused-ring (bicyclic) bond motifs is 1. The second-order valence-corrected chi connectivity index (χ2v) is 4.63. The second-order valence-electron chi connectivity index (χ2n) is 3.71. The smallest absolute Gasteiger partial charge is 0.0574 e. The Morgan fingerprint density at radius 1 is 1.47 bits per heavy atom. The highest BCUT2D eigenvalue weighted by Gasteiger charge is 2.04. The van der Waals surface area contributed by atoms with Gasteiger partial charge in [0.25, 0.3) is 0 Å². The minimum Gasteiger partial charge on any atom is -0.381 e. The highest BCUT2D eigenvalue weighted by Crippen LogP contribution is 2.29. The van der Waals surface area contributed by atoms with Crippen molar-refractivity contribution in [2.24, 2.45) is 0 Å². The summed E-state index contributed by atoms with van der Waals surface area (Å²) < 4.78 is 1.34. The molecule has 1 N–H and O–H groups in total. The van der Waals surface area contributed by atoms with Crippen LogP contribution in [-0.2, 0) is 0 Å². The van der Waals surface area contributed by atoms with Crippen LogP contribution in [0.1, 0.15) is 13.3 Å². The van der Waals surface area contributed by atoms with Gasteiger partial charge in [0.2, 0.25) is 0 Å². The summed E-state index contributed by atoms with van der Waals surface area (Å²) in [5, 5.41) is 6.96. The quantitative estimate of drug-likeness (QED) is 0.754. The number of anilines is 1. The van der Waals surface area contributed by atoms with Crippen molar-refractivity contribution < 1.29 is 0 Å². The fourth-order valence-corrected chi connectivity index (χ4v) is 2.56. The average Bonchev–Trinajstić information content (AvgIpc) is 2.67. The number of rotatable bonds is 4. The first-order valence-corrected chi connectivity index (χ1v) is 6.03. The zero-order chi connectivity index (χ0) is 10.7. The van der Waals surface area contributed by atoms with E-state index in [1.807, 2.05) is 6.08 Å². The molecule has 1 aromatic carbocycles. The Morgan fingerprint density at radius 3 is 3.13 bits per heavy atom. The molecular weight excluding hydrogens is 202 g/mol. The molecule has 0 aliphatic heterocycles. The predicted molar refractivity (Wildman–Crippen MR) is 69.7 cm³/mol. The molecule has 0 saturated heterocycles. The molecule has 2 heteroatoms. The molecule has 1 atom stereocenters. The Kier molecular flexibility index (Phi) is 3.07. The van der Waals surface area contributed by atoms with Gasteiger partial charge in [-0.25, -0.2) is 0 Å². The Balaban J connectivity index is 2.27. The second kappa shape index (κ2) is 4.49. The standard InChI is InChI=1S/C13H15NS/c1-3-5-10(2)14-12-7-4-6-11-8-9-15-13(11)12/h3-4,6-10,14H,1,5H2,2H3. The first-order chi connectivity index (χ1) is 7.31. The maximum absolute atomic E-state index is 3.76. The fourth-order valence-electron chi connectivity index (χ4n) is 1.68. The molecule has 0 bridgehead atoms. The van der Waals surface area contributed by atoms with Crippen LogP contribution in [0.4, 0.5) is 5.69 Å². The zero-order valence-corrected chi connectivity index (χ0v) is 9.68. The van der Waals surface area contributed by atoms with Crippen LogP contribution in [0.15, 0.2) is 42.3 Å².